The van der Waals surface area contributed by atoms with E-state index in [1.54, 1.807) is 24.1 Å². The Morgan fingerprint density at radius 3 is 2.94 bits per heavy atom. The summed E-state index contributed by atoms with van der Waals surface area (Å²) in [6, 6.07) is 3.44. The average Bonchev–Trinajstić information content (AvgIpc) is 2.84. The van der Waals surface area contributed by atoms with Gasteiger partial charge in [-0.1, -0.05) is 23.2 Å². The Hall–Kier alpha value is -0.450. The predicted octanol–water partition coefficient (Wildman–Crippen LogP) is 2.97. The molecule has 1 unspecified atom stereocenters. The first kappa shape index (κ1) is 13.0. The minimum Gasteiger partial charge on any atom is -0.336 e. The van der Waals surface area contributed by atoms with Crippen molar-refractivity contribution >= 4 is 40.9 Å². The second-order valence-electron chi connectivity index (χ2n) is 3.90. The molecule has 1 amide bonds. The van der Waals surface area contributed by atoms with Gasteiger partial charge in [-0.3, -0.25) is 4.79 Å². The molecule has 0 spiro atoms. The molecule has 0 saturated carbocycles. The first-order valence-electron chi connectivity index (χ1n) is 5.26. The van der Waals surface area contributed by atoms with E-state index in [9.17, 15) is 4.79 Å². The highest BCUT2D eigenvalue weighted by atomic mass is 35.5. The summed E-state index contributed by atoms with van der Waals surface area (Å²) in [6.45, 7) is 0. The first-order valence-corrected chi connectivity index (χ1v) is 7.17. The van der Waals surface area contributed by atoms with E-state index in [2.05, 4.69) is 4.98 Å². The third kappa shape index (κ3) is 2.87. The van der Waals surface area contributed by atoms with Gasteiger partial charge in [0.1, 0.15) is 10.8 Å². The number of hydrogen-bond donors (Lipinski definition) is 0. The zero-order valence-corrected chi connectivity index (χ0v) is 11.6. The van der Waals surface area contributed by atoms with E-state index in [4.69, 9.17) is 23.2 Å². The molecule has 3 nitrogen and oxygen atoms in total. The van der Waals surface area contributed by atoms with Gasteiger partial charge in [0.25, 0.3) is 5.91 Å². The van der Waals surface area contributed by atoms with Crippen molar-refractivity contribution in [2.75, 3.05) is 18.6 Å². The Morgan fingerprint density at radius 2 is 2.29 bits per heavy atom. The number of carbonyl (C=O) groups is 1. The molecule has 6 heteroatoms. The maximum Gasteiger partial charge on any atom is 0.274 e. The van der Waals surface area contributed by atoms with Crippen LogP contribution in [0.25, 0.3) is 0 Å². The van der Waals surface area contributed by atoms with Gasteiger partial charge < -0.3 is 4.90 Å². The third-order valence-electron chi connectivity index (χ3n) is 2.79. The van der Waals surface area contributed by atoms with Crippen LogP contribution < -0.4 is 0 Å². The summed E-state index contributed by atoms with van der Waals surface area (Å²) >= 11 is 13.6. The van der Waals surface area contributed by atoms with Crippen molar-refractivity contribution in [3.63, 3.8) is 0 Å². The molecule has 0 bridgehead atoms. The normalized spacial score (nSPS) is 19.4. The molecule has 92 valence electrons. The van der Waals surface area contributed by atoms with Crippen LogP contribution in [0, 0.1) is 0 Å². The quantitative estimate of drug-likeness (QED) is 0.785. The minimum atomic E-state index is -0.162. The Kier molecular flexibility index (Phi) is 4.17. The lowest BCUT2D eigenvalue weighted by atomic mass is 10.2. The monoisotopic (exact) mass is 290 g/mol. The van der Waals surface area contributed by atoms with E-state index in [1.807, 2.05) is 11.8 Å². The molecule has 1 aromatic heterocycles. The molecule has 1 aromatic rings. The number of amides is 1. The second-order valence-corrected chi connectivity index (χ2v) is 5.84. The fourth-order valence-corrected chi connectivity index (χ4v) is 3.33. The van der Waals surface area contributed by atoms with Gasteiger partial charge in [-0.15, -0.1) is 0 Å². The maximum atomic E-state index is 12.2. The molecule has 2 heterocycles. The lowest BCUT2D eigenvalue weighted by Gasteiger charge is -2.23. The van der Waals surface area contributed by atoms with Crippen LogP contribution in [0.2, 0.25) is 10.2 Å². The van der Waals surface area contributed by atoms with Crippen molar-refractivity contribution in [3.8, 4) is 0 Å². The number of carbonyl (C=O) groups excluding carboxylic acids is 1. The highest BCUT2D eigenvalue weighted by Gasteiger charge is 2.26. The predicted molar refractivity (Wildman–Crippen MR) is 72.1 cm³/mol. The highest BCUT2D eigenvalue weighted by molar-refractivity contribution is 7.99. The number of pyridine rings is 1. The second kappa shape index (κ2) is 5.46. The summed E-state index contributed by atoms with van der Waals surface area (Å²) in [5.41, 5.74) is 0.235. The Morgan fingerprint density at radius 1 is 1.53 bits per heavy atom. The minimum absolute atomic E-state index is 0.162. The summed E-state index contributed by atoms with van der Waals surface area (Å²) in [5, 5.41) is 0.629. The van der Waals surface area contributed by atoms with Crippen LogP contribution in [0.5, 0.6) is 0 Å². The molecule has 1 aliphatic heterocycles. The van der Waals surface area contributed by atoms with Crippen LogP contribution in [0.3, 0.4) is 0 Å². The lowest BCUT2D eigenvalue weighted by molar-refractivity contribution is 0.0742. The molecular weight excluding hydrogens is 279 g/mol. The van der Waals surface area contributed by atoms with Gasteiger partial charge in [0.15, 0.2) is 0 Å². The largest absolute Gasteiger partial charge is 0.336 e. The summed E-state index contributed by atoms with van der Waals surface area (Å²) in [7, 11) is 1.79. The molecule has 0 N–H and O–H groups in total. The van der Waals surface area contributed by atoms with Crippen LogP contribution in [-0.2, 0) is 0 Å². The SMILES string of the molecule is CN(C(=O)c1nc(Cl)ccc1Cl)C1CCSC1. The molecule has 1 aliphatic rings. The van der Waals surface area contributed by atoms with Crippen LogP contribution >= 0.6 is 35.0 Å². The van der Waals surface area contributed by atoms with Crippen molar-refractivity contribution in [2.24, 2.45) is 0 Å². The number of nitrogens with zero attached hydrogens (tertiary/aromatic N) is 2. The molecule has 0 aromatic carbocycles. The van der Waals surface area contributed by atoms with E-state index in [0.29, 0.717) is 5.02 Å². The van der Waals surface area contributed by atoms with Gasteiger partial charge in [0.05, 0.1) is 5.02 Å². The van der Waals surface area contributed by atoms with Gasteiger partial charge in [-0.25, -0.2) is 4.98 Å². The van der Waals surface area contributed by atoms with Gasteiger partial charge in [-0.2, -0.15) is 11.8 Å². The average molecular weight is 291 g/mol. The van der Waals surface area contributed by atoms with Gasteiger partial charge >= 0.3 is 0 Å². The van der Waals surface area contributed by atoms with E-state index < -0.39 is 0 Å². The molecule has 17 heavy (non-hydrogen) atoms. The summed E-state index contributed by atoms with van der Waals surface area (Å²) in [6.07, 6.45) is 1.02. The van der Waals surface area contributed by atoms with Crippen molar-refractivity contribution in [2.45, 2.75) is 12.5 Å². The molecule has 1 atom stereocenters. The molecule has 2 rings (SSSR count). The summed E-state index contributed by atoms with van der Waals surface area (Å²) in [5.74, 6) is 1.91. The number of hydrogen-bond acceptors (Lipinski definition) is 3. The van der Waals surface area contributed by atoms with Crippen molar-refractivity contribution in [1.82, 2.24) is 9.88 Å². The van der Waals surface area contributed by atoms with Gasteiger partial charge in [0.2, 0.25) is 0 Å². The Labute approximate surface area is 114 Å². The smallest absolute Gasteiger partial charge is 0.274 e. The number of aromatic nitrogens is 1. The number of thioether (sulfide) groups is 1. The number of halogens is 2. The van der Waals surface area contributed by atoms with E-state index in [1.165, 1.54) is 0 Å². The van der Waals surface area contributed by atoms with Crippen LogP contribution in [0.1, 0.15) is 16.9 Å². The number of rotatable bonds is 2. The van der Waals surface area contributed by atoms with Crippen LogP contribution in [-0.4, -0.2) is 40.4 Å². The van der Waals surface area contributed by atoms with Crippen LogP contribution in [0.15, 0.2) is 12.1 Å². The zero-order valence-electron chi connectivity index (χ0n) is 9.32. The molecule has 1 fully saturated rings. The molecular formula is C11H12Cl2N2OS. The fourth-order valence-electron chi connectivity index (χ4n) is 1.73. The Balaban J connectivity index is 2.20. The maximum absolute atomic E-state index is 12.2. The third-order valence-corrected chi connectivity index (χ3v) is 4.45. The standard InChI is InChI=1S/C11H12Cl2N2OS/c1-15(7-4-5-17-6-7)11(16)10-8(12)2-3-9(13)14-10/h2-3,7H,4-6H2,1H3. The van der Waals surface area contributed by atoms with Gasteiger partial charge in [0, 0.05) is 18.8 Å². The fraction of sp³-hybridized carbons (Fsp3) is 0.455. The van der Waals surface area contributed by atoms with Crippen LogP contribution in [0.4, 0.5) is 0 Å². The lowest BCUT2D eigenvalue weighted by Crippen LogP contribution is -2.37. The first-order chi connectivity index (χ1) is 8.09. The highest BCUT2D eigenvalue weighted by Crippen LogP contribution is 2.24. The zero-order chi connectivity index (χ0) is 12.4. The van der Waals surface area contributed by atoms with E-state index in [0.717, 1.165) is 17.9 Å². The molecule has 0 radical (unpaired) electrons. The van der Waals surface area contributed by atoms with Crippen molar-refractivity contribution < 1.29 is 4.79 Å². The van der Waals surface area contributed by atoms with Crippen molar-refractivity contribution in [3.05, 3.63) is 28.0 Å². The summed E-state index contributed by atoms with van der Waals surface area (Å²) in [4.78, 5) is 17.9. The Bertz CT molecular complexity index is 435. The van der Waals surface area contributed by atoms with Gasteiger partial charge in [-0.05, 0) is 24.3 Å². The molecule has 1 saturated heterocycles. The van der Waals surface area contributed by atoms with Crippen molar-refractivity contribution in [1.29, 1.82) is 0 Å². The van der Waals surface area contributed by atoms with E-state index in [-0.39, 0.29) is 22.8 Å². The van der Waals surface area contributed by atoms with E-state index >= 15 is 0 Å². The molecule has 0 aliphatic carbocycles. The summed E-state index contributed by atoms with van der Waals surface area (Å²) < 4.78 is 0. The topological polar surface area (TPSA) is 33.2 Å².